The van der Waals surface area contributed by atoms with E-state index in [2.05, 4.69) is 33.2 Å². The number of aliphatic carboxylic acids is 1. The maximum Gasteiger partial charge on any atom is 0.326 e. The first-order valence-electron chi connectivity index (χ1n) is 18.2. The number of carboxylic acids is 1. The van der Waals surface area contributed by atoms with Crippen molar-refractivity contribution in [3.05, 3.63) is 36.0 Å². The highest BCUT2D eigenvalue weighted by Crippen LogP contribution is 2.19. The van der Waals surface area contributed by atoms with Crippen LogP contribution in [0.15, 0.2) is 30.5 Å². The summed E-state index contributed by atoms with van der Waals surface area (Å²) in [6.07, 6.45) is 20.2. The van der Waals surface area contributed by atoms with E-state index in [9.17, 15) is 29.1 Å². The number of nitrogens with one attached hydrogen (secondary N) is 5. The van der Waals surface area contributed by atoms with Gasteiger partial charge in [-0.05, 0) is 37.3 Å². The maximum absolute atomic E-state index is 12.7. The van der Waals surface area contributed by atoms with Crippen molar-refractivity contribution in [1.29, 1.82) is 0 Å². The summed E-state index contributed by atoms with van der Waals surface area (Å²) >= 11 is 0. The van der Waals surface area contributed by atoms with Crippen LogP contribution in [0.2, 0.25) is 0 Å². The molecule has 11 nitrogen and oxygen atoms in total. The number of carboxylic acid groups (broad SMARTS) is 1. The highest BCUT2D eigenvalue weighted by molar-refractivity contribution is 5.99. The zero-order valence-corrected chi connectivity index (χ0v) is 28.7. The van der Waals surface area contributed by atoms with E-state index in [4.69, 9.17) is 0 Å². The van der Waals surface area contributed by atoms with Gasteiger partial charge in [-0.25, -0.2) is 4.79 Å². The first kappa shape index (κ1) is 38.6. The Morgan fingerprint density at radius 3 is 2.04 bits per heavy atom. The summed E-state index contributed by atoms with van der Waals surface area (Å²) in [7, 11) is 0. The van der Waals surface area contributed by atoms with Crippen molar-refractivity contribution in [2.75, 3.05) is 6.54 Å². The minimum atomic E-state index is -1.19. The van der Waals surface area contributed by atoms with Gasteiger partial charge in [0.05, 0.1) is 6.42 Å². The molecule has 0 radical (unpaired) electrons. The third-order valence-electron chi connectivity index (χ3n) is 9.14. The molecular weight excluding hydrogens is 610 g/mol. The number of para-hydroxylation sites is 1. The number of rotatable bonds is 25. The minimum absolute atomic E-state index is 0.0505. The van der Waals surface area contributed by atoms with Crippen molar-refractivity contribution in [3.8, 4) is 0 Å². The molecule has 1 aromatic carbocycles. The van der Waals surface area contributed by atoms with Crippen molar-refractivity contribution in [3.63, 3.8) is 0 Å². The third-order valence-corrected chi connectivity index (χ3v) is 9.14. The second-order valence-electron chi connectivity index (χ2n) is 13.2. The number of hydrogen-bond donors (Lipinski definition) is 6. The number of aromatic nitrogens is 1. The topological polar surface area (TPSA) is 169 Å². The number of aromatic amines is 1. The average molecular weight is 668 g/mol. The Hall–Kier alpha value is -3.89. The van der Waals surface area contributed by atoms with Gasteiger partial charge >= 0.3 is 5.97 Å². The summed E-state index contributed by atoms with van der Waals surface area (Å²) in [4.78, 5) is 65.1. The summed E-state index contributed by atoms with van der Waals surface area (Å²) in [5.41, 5.74) is 1.61. The predicted molar refractivity (Wildman–Crippen MR) is 187 cm³/mol. The normalized spacial score (nSPS) is 16.7. The van der Waals surface area contributed by atoms with E-state index in [0.29, 0.717) is 32.2 Å². The van der Waals surface area contributed by atoms with Crippen molar-refractivity contribution < 1.29 is 29.1 Å². The van der Waals surface area contributed by atoms with Crippen LogP contribution in [0.3, 0.4) is 0 Å². The lowest BCUT2D eigenvalue weighted by Crippen LogP contribution is -2.62. The second-order valence-corrected chi connectivity index (χ2v) is 13.2. The van der Waals surface area contributed by atoms with Crippen LogP contribution in [0, 0.1) is 0 Å². The Labute approximate surface area is 285 Å². The molecule has 0 bridgehead atoms. The summed E-state index contributed by atoms with van der Waals surface area (Å²) in [5, 5.41) is 21.3. The van der Waals surface area contributed by atoms with Gasteiger partial charge in [0, 0.05) is 36.5 Å². The Morgan fingerprint density at radius 1 is 0.771 bits per heavy atom. The largest absolute Gasteiger partial charge is 0.480 e. The fourth-order valence-corrected chi connectivity index (χ4v) is 6.27. The SMILES string of the molecule is CCCCCCCCCCCCCCCC(=O)NCCCC[C@@H]1NC(=O)[C@H](CC(=O)N[C@H](Cc2c[nH]c3ccccc23)C(=O)O)NC1=O. The molecule has 266 valence electrons. The standard InChI is InChI=1S/C37H57N5O6/c1-2-3-4-5-6-7-8-9-10-11-12-13-14-22-33(43)38-23-18-17-21-30-35(45)42-31(36(46)41-30)25-34(44)40-32(37(47)48)24-27-26-39-29-20-16-15-19-28(27)29/h15-16,19-20,26,30-32,39H,2-14,17-18,21-25H2,1H3,(H,38,43)(H,40,44)(H,41,46)(H,42,45)(H,47,48)/t30-,31-,32+/m0/s1. The number of carbonyl (C=O) groups is 5. The molecule has 2 heterocycles. The van der Waals surface area contributed by atoms with Crippen LogP contribution in [0.4, 0.5) is 0 Å². The first-order valence-corrected chi connectivity index (χ1v) is 18.2. The average Bonchev–Trinajstić information content (AvgIpc) is 3.47. The van der Waals surface area contributed by atoms with E-state index in [0.717, 1.165) is 29.3 Å². The fourth-order valence-electron chi connectivity index (χ4n) is 6.27. The van der Waals surface area contributed by atoms with Crippen LogP contribution in [-0.2, 0) is 30.4 Å². The Balaban J connectivity index is 1.21. The number of hydrogen-bond acceptors (Lipinski definition) is 5. The molecule has 48 heavy (non-hydrogen) atoms. The Morgan fingerprint density at radius 2 is 1.38 bits per heavy atom. The lowest BCUT2D eigenvalue weighted by Gasteiger charge is -2.29. The summed E-state index contributed by atoms with van der Waals surface area (Å²) in [5.74, 6) is -2.65. The lowest BCUT2D eigenvalue weighted by molar-refractivity contribution is -0.142. The quantitative estimate of drug-likeness (QED) is 0.0773. The minimum Gasteiger partial charge on any atom is -0.480 e. The van der Waals surface area contributed by atoms with E-state index < -0.39 is 35.9 Å². The Kier molecular flexibility index (Phi) is 17.6. The molecule has 6 N–H and O–H groups in total. The van der Waals surface area contributed by atoms with Crippen LogP contribution in [0.1, 0.15) is 128 Å². The van der Waals surface area contributed by atoms with Crippen LogP contribution < -0.4 is 21.3 Å². The smallest absolute Gasteiger partial charge is 0.326 e. The van der Waals surface area contributed by atoms with Gasteiger partial charge in [-0.1, -0.05) is 102 Å². The molecule has 2 aromatic rings. The zero-order chi connectivity index (χ0) is 34.6. The van der Waals surface area contributed by atoms with Gasteiger partial charge in [0.1, 0.15) is 18.1 Å². The molecule has 4 amide bonds. The molecule has 1 fully saturated rings. The van der Waals surface area contributed by atoms with Crippen molar-refractivity contribution in [2.24, 2.45) is 0 Å². The summed E-state index contributed by atoms with van der Waals surface area (Å²) < 4.78 is 0. The second kappa shape index (κ2) is 21.9. The monoisotopic (exact) mass is 667 g/mol. The number of unbranched alkanes of at least 4 members (excludes halogenated alkanes) is 13. The van der Waals surface area contributed by atoms with Gasteiger partial charge in [0.2, 0.25) is 23.6 Å². The van der Waals surface area contributed by atoms with Gasteiger partial charge in [-0.2, -0.15) is 0 Å². The first-order chi connectivity index (χ1) is 23.3. The molecule has 1 saturated heterocycles. The summed E-state index contributed by atoms with van der Waals surface area (Å²) in [6, 6.07) is 4.48. The molecule has 1 aliphatic heterocycles. The molecular formula is C37H57N5O6. The molecule has 1 aromatic heterocycles. The molecule has 0 saturated carbocycles. The van der Waals surface area contributed by atoms with Crippen LogP contribution in [0.25, 0.3) is 10.9 Å². The third kappa shape index (κ3) is 14.1. The molecule has 3 atom stereocenters. The van der Waals surface area contributed by atoms with E-state index in [1.165, 1.54) is 70.6 Å². The number of amides is 4. The van der Waals surface area contributed by atoms with Crippen molar-refractivity contribution in [2.45, 2.75) is 147 Å². The number of H-pyrrole nitrogens is 1. The van der Waals surface area contributed by atoms with Crippen LogP contribution in [0.5, 0.6) is 0 Å². The van der Waals surface area contributed by atoms with Crippen molar-refractivity contribution >= 4 is 40.5 Å². The zero-order valence-electron chi connectivity index (χ0n) is 28.7. The molecule has 11 heteroatoms. The van der Waals surface area contributed by atoms with Gasteiger partial charge in [-0.3, -0.25) is 19.2 Å². The fraction of sp³-hybridized carbons (Fsp3) is 0.649. The number of benzene rings is 1. The van der Waals surface area contributed by atoms with E-state index in [1.807, 2.05) is 24.3 Å². The number of fused-ring (bicyclic) bond motifs is 1. The van der Waals surface area contributed by atoms with Gasteiger partial charge in [0.15, 0.2) is 0 Å². The Bertz CT molecular complexity index is 1310. The van der Waals surface area contributed by atoms with Crippen LogP contribution in [-0.4, -0.2) is 64.4 Å². The lowest BCUT2D eigenvalue weighted by atomic mass is 10.0. The van der Waals surface area contributed by atoms with Crippen LogP contribution >= 0.6 is 0 Å². The van der Waals surface area contributed by atoms with E-state index >= 15 is 0 Å². The highest BCUT2D eigenvalue weighted by Gasteiger charge is 2.35. The van der Waals surface area contributed by atoms with Gasteiger partial charge < -0.3 is 31.4 Å². The van der Waals surface area contributed by atoms with E-state index in [-0.39, 0.29) is 24.7 Å². The molecule has 3 rings (SSSR count). The van der Waals surface area contributed by atoms with Crippen molar-refractivity contribution in [1.82, 2.24) is 26.3 Å². The highest BCUT2D eigenvalue weighted by atomic mass is 16.4. The van der Waals surface area contributed by atoms with Gasteiger partial charge in [0.25, 0.3) is 0 Å². The summed E-state index contributed by atoms with van der Waals surface area (Å²) in [6.45, 7) is 2.77. The number of carbonyl (C=O) groups excluding carboxylic acids is 4. The molecule has 1 aliphatic rings. The predicted octanol–water partition coefficient (Wildman–Crippen LogP) is 5.42. The molecule has 0 aliphatic carbocycles. The van der Waals surface area contributed by atoms with Gasteiger partial charge in [-0.15, -0.1) is 0 Å². The maximum atomic E-state index is 12.7. The molecule has 0 unspecified atom stereocenters. The number of piperazine rings is 1. The van der Waals surface area contributed by atoms with E-state index in [1.54, 1.807) is 6.20 Å². The molecule has 0 spiro atoms.